The fraction of sp³-hybridized carbons (Fsp3) is 0.818. The van der Waals surface area contributed by atoms with Gasteiger partial charge in [0.15, 0.2) is 16.6 Å². The van der Waals surface area contributed by atoms with Gasteiger partial charge in [-0.25, -0.2) is 0 Å². The van der Waals surface area contributed by atoms with E-state index in [1.165, 1.54) is 6.92 Å². The van der Waals surface area contributed by atoms with Crippen molar-refractivity contribution >= 4 is 28.6 Å². The Bertz CT molecular complexity index is 1250. The molecule has 0 amide bonds. The van der Waals surface area contributed by atoms with Crippen molar-refractivity contribution in [3.8, 4) is 0 Å². The van der Waals surface area contributed by atoms with E-state index in [0.29, 0.717) is 23.9 Å². The smallest absolute Gasteiger partial charge is 0.308 e. The molecule has 10 atom stereocenters. The highest BCUT2D eigenvalue weighted by molar-refractivity contribution is 6.75. The van der Waals surface area contributed by atoms with E-state index in [2.05, 4.69) is 76.2 Å². The van der Waals surface area contributed by atoms with E-state index < -0.39 is 34.4 Å². The summed E-state index contributed by atoms with van der Waals surface area (Å²) in [6.45, 7) is 31.8. The van der Waals surface area contributed by atoms with Crippen LogP contribution in [0.5, 0.6) is 0 Å². The summed E-state index contributed by atoms with van der Waals surface area (Å²) in [6, 6.07) is 4.19. The summed E-state index contributed by atoms with van der Waals surface area (Å²) in [6.07, 6.45) is 11.6. The first kappa shape index (κ1) is 48.6. The number of hydrogen-bond acceptors (Lipinski definition) is 8. The first-order valence-corrected chi connectivity index (χ1v) is 26.2. The minimum atomic E-state index is -2.09. The number of cyclic esters (lactones) is 1. The average molecular weight is 793 g/mol. The lowest BCUT2D eigenvalue weighted by Crippen LogP contribution is -2.46. The molecule has 2 aliphatic rings. The Morgan fingerprint density at radius 3 is 2.07 bits per heavy atom. The van der Waals surface area contributed by atoms with Crippen LogP contribution in [0.2, 0.25) is 35.3 Å². The molecule has 0 aromatic rings. The number of carbonyl (C=O) groups excluding carboxylic acids is 2. The van der Waals surface area contributed by atoms with E-state index in [9.17, 15) is 14.7 Å². The van der Waals surface area contributed by atoms with Crippen LogP contribution in [-0.4, -0.2) is 75.9 Å². The molecule has 0 bridgehead atoms. The highest BCUT2D eigenvalue weighted by Crippen LogP contribution is 2.41. The number of rotatable bonds is 19. The van der Waals surface area contributed by atoms with Gasteiger partial charge in [0, 0.05) is 31.3 Å². The lowest BCUT2D eigenvalue weighted by atomic mass is 9.91. The summed E-state index contributed by atoms with van der Waals surface area (Å²) in [5.41, 5.74) is 0.751. The molecule has 1 fully saturated rings. The molecule has 312 valence electrons. The quantitative estimate of drug-likeness (QED) is 0.0453. The van der Waals surface area contributed by atoms with Gasteiger partial charge >= 0.3 is 11.9 Å². The van der Waals surface area contributed by atoms with E-state index in [0.717, 1.165) is 42.6 Å². The van der Waals surface area contributed by atoms with E-state index >= 15 is 0 Å². The Morgan fingerprint density at radius 1 is 0.963 bits per heavy atom. The van der Waals surface area contributed by atoms with Crippen molar-refractivity contribution in [2.24, 2.45) is 17.8 Å². The number of carbonyl (C=O) groups is 2. The largest absolute Gasteiger partial charge is 0.458 e. The molecule has 2 heterocycles. The van der Waals surface area contributed by atoms with Crippen molar-refractivity contribution in [1.82, 2.24) is 0 Å². The van der Waals surface area contributed by atoms with E-state index in [4.69, 9.17) is 23.1 Å². The molecule has 1 saturated heterocycles. The molecule has 2 aliphatic heterocycles. The molecule has 10 unspecified atom stereocenters. The standard InChI is InChI=1S/C44H80O8Si2/c1-16-38(52-54(19-4,20-5)31(8)9)35(13)43-40(49-43)29-44(15,47)27-21-22-33(11)42-34(12)24-26-39(48-36(14)45)32(10)23-25-37(28-41(46)50-42)51-53(17-2,18-3)30(6)7/h21-22,24,26-27,30-32,34-35,37-40,42-43,47H,16-20,23,25,28-29H2,1-15H3. The molecule has 0 radical (unpaired) electrons. The maximum atomic E-state index is 13.7. The minimum absolute atomic E-state index is 0.0289. The Kier molecular flexibility index (Phi) is 19.6. The van der Waals surface area contributed by atoms with Gasteiger partial charge < -0.3 is 28.2 Å². The molecule has 0 saturated carbocycles. The molecule has 0 aromatic carbocycles. The highest BCUT2D eigenvalue weighted by Gasteiger charge is 2.49. The first-order chi connectivity index (χ1) is 25.2. The number of ether oxygens (including phenoxy) is 3. The van der Waals surface area contributed by atoms with E-state index in [-0.39, 0.29) is 60.5 Å². The third-order valence-electron chi connectivity index (χ3n) is 12.8. The highest BCUT2D eigenvalue weighted by atomic mass is 28.4. The second kappa shape index (κ2) is 21.8. The average Bonchev–Trinajstić information content (AvgIpc) is 3.87. The maximum absolute atomic E-state index is 13.7. The van der Waals surface area contributed by atoms with Crippen LogP contribution in [-0.2, 0) is 32.7 Å². The zero-order valence-corrected chi connectivity index (χ0v) is 38.9. The fourth-order valence-electron chi connectivity index (χ4n) is 8.64. The molecule has 0 aliphatic carbocycles. The van der Waals surface area contributed by atoms with Crippen LogP contribution >= 0.6 is 0 Å². The van der Waals surface area contributed by atoms with Crippen molar-refractivity contribution < 1.29 is 37.8 Å². The predicted molar refractivity (Wildman–Crippen MR) is 226 cm³/mol. The molecule has 10 heteroatoms. The molecule has 8 nitrogen and oxygen atoms in total. The van der Waals surface area contributed by atoms with Gasteiger partial charge in [-0.2, -0.15) is 0 Å². The third kappa shape index (κ3) is 13.8. The first-order valence-electron chi connectivity index (χ1n) is 21.4. The van der Waals surface area contributed by atoms with Crippen molar-refractivity contribution in [1.29, 1.82) is 0 Å². The third-order valence-corrected chi connectivity index (χ3v) is 23.4. The van der Waals surface area contributed by atoms with Crippen LogP contribution in [0.1, 0.15) is 136 Å². The summed E-state index contributed by atoms with van der Waals surface area (Å²) < 4.78 is 32.2. The zero-order valence-electron chi connectivity index (χ0n) is 36.9. The second-order valence-corrected chi connectivity index (χ2v) is 27.3. The SMILES string of the molecule is CCC(O[Si](CC)(CC)C(C)C)C(C)C1OC1CC(C)(O)C=CC=C(C)C1OC(=O)CC(O[Si](CC)(CC)C(C)C)CCC(C)C(OC(C)=O)C=CC1C. The summed E-state index contributed by atoms with van der Waals surface area (Å²) >= 11 is 0. The molecular weight excluding hydrogens is 713 g/mol. The number of esters is 2. The van der Waals surface area contributed by atoms with Gasteiger partial charge in [0.2, 0.25) is 0 Å². The van der Waals surface area contributed by atoms with Crippen molar-refractivity contribution in [2.45, 2.75) is 213 Å². The summed E-state index contributed by atoms with van der Waals surface area (Å²) in [5.74, 6) is -0.477. The molecule has 0 spiro atoms. The monoisotopic (exact) mass is 793 g/mol. The number of allylic oxidation sites excluding steroid dienone is 2. The van der Waals surface area contributed by atoms with Crippen LogP contribution in [0.15, 0.2) is 36.0 Å². The molecule has 54 heavy (non-hydrogen) atoms. The number of epoxide rings is 1. The minimum Gasteiger partial charge on any atom is -0.458 e. The van der Waals surface area contributed by atoms with Gasteiger partial charge in [0.25, 0.3) is 0 Å². The predicted octanol–water partition coefficient (Wildman–Crippen LogP) is 10.9. The lowest BCUT2D eigenvalue weighted by molar-refractivity contribution is -0.151. The van der Waals surface area contributed by atoms with Crippen molar-refractivity contribution in [3.63, 3.8) is 0 Å². The Labute approximate surface area is 332 Å². The van der Waals surface area contributed by atoms with Gasteiger partial charge in [0.05, 0.1) is 30.3 Å². The Morgan fingerprint density at radius 2 is 1.56 bits per heavy atom. The van der Waals surface area contributed by atoms with E-state index in [1.807, 2.05) is 51.2 Å². The number of hydrogen-bond donors (Lipinski definition) is 1. The molecule has 2 rings (SSSR count). The van der Waals surface area contributed by atoms with Crippen molar-refractivity contribution in [2.75, 3.05) is 0 Å². The summed E-state index contributed by atoms with van der Waals surface area (Å²) in [4.78, 5) is 25.8. The Balaban J connectivity index is 2.27. The number of aliphatic hydroxyl groups is 1. The lowest BCUT2D eigenvalue weighted by Gasteiger charge is -2.39. The maximum Gasteiger partial charge on any atom is 0.308 e. The molecule has 1 N–H and O–H groups in total. The molecular formula is C44H80O8Si2. The molecule has 0 aromatic heterocycles. The normalized spacial score (nSPS) is 28.7. The van der Waals surface area contributed by atoms with Crippen LogP contribution in [0, 0.1) is 17.8 Å². The Hall–Kier alpha value is -1.57. The van der Waals surface area contributed by atoms with Gasteiger partial charge in [-0.05, 0) is 85.9 Å². The fourth-order valence-corrected chi connectivity index (χ4v) is 16.0. The second-order valence-electron chi connectivity index (χ2n) is 17.5. The van der Waals surface area contributed by atoms with Crippen LogP contribution in [0.25, 0.3) is 0 Å². The van der Waals surface area contributed by atoms with Crippen LogP contribution in [0.4, 0.5) is 0 Å². The van der Waals surface area contributed by atoms with Crippen LogP contribution < -0.4 is 0 Å². The van der Waals surface area contributed by atoms with Crippen LogP contribution in [0.3, 0.4) is 0 Å². The van der Waals surface area contributed by atoms with Gasteiger partial charge in [-0.3, -0.25) is 9.59 Å². The van der Waals surface area contributed by atoms with Gasteiger partial charge in [-0.1, -0.05) is 107 Å². The van der Waals surface area contributed by atoms with Crippen molar-refractivity contribution in [3.05, 3.63) is 36.0 Å². The zero-order chi connectivity index (χ0) is 41.0. The van der Waals surface area contributed by atoms with E-state index in [1.54, 1.807) is 0 Å². The topological polar surface area (TPSA) is 104 Å². The van der Waals surface area contributed by atoms with Gasteiger partial charge in [-0.15, -0.1) is 0 Å². The summed E-state index contributed by atoms with van der Waals surface area (Å²) in [7, 11) is -3.93. The van der Waals surface area contributed by atoms with Gasteiger partial charge in [0.1, 0.15) is 12.2 Å². The summed E-state index contributed by atoms with van der Waals surface area (Å²) in [5, 5.41) is 11.4.